The van der Waals surface area contributed by atoms with Crippen LogP contribution in [0.1, 0.15) is 5.56 Å². The second-order valence-corrected chi connectivity index (χ2v) is 2.35. The molecule has 0 bridgehead atoms. The van der Waals surface area contributed by atoms with Gasteiger partial charge in [0.25, 0.3) is 0 Å². The van der Waals surface area contributed by atoms with Gasteiger partial charge in [0, 0.05) is 11.8 Å². The highest BCUT2D eigenvalue weighted by molar-refractivity contribution is 5.85. The Morgan fingerprint density at radius 3 is 2.50 bits per heavy atom. The van der Waals surface area contributed by atoms with Crippen LogP contribution in [0.25, 0.3) is 0 Å². The molecule has 0 spiro atoms. The molecule has 0 atom stereocenters. The highest BCUT2D eigenvalue weighted by Crippen LogP contribution is 2.23. The van der Waals surface area contributed by atoms with Crippen molar-refractivity contribution in [1.29, 1.82) is 0 Å². The number of anilines is 1. The fourth-order valence-corrected chi connectivity index (χ4v) is 0.913. The van der Waals surface area contributed by atoms with Crippen LogP contribution in [0.15, 0.2) is 12.1 Å². The number of nitrogens with two attached hydrogens (primary N) is 1. The second-order valence-electron chi connectivity index (χ2n) is 2.35. The second kappa shape index (κ2) is 4.16. The van der Waals surface area contributed by atoms with E-state index in [4.69, 9.17) is 10.5 Å². The molecule has 0 amide bonds. The Kier molecular flexibility index (Phi) is 3.83. The summed E-state index contributed by atoms with van der Waals surface area (Å²) < 4.78 is 17.8. The normalized spacial score (nSPS) is 8.92. The summed E-state index contributed by atoms with van der Waals surface area (Å²) in [6.07, 6.45) is 0. The SMILES string of the molecule is COc1cc(N)cc(C)c1F.Cl. The van der Waals surface area contributed by atoms with Crippen molar-refractivity contribution >= 4 is 18.1 Å². The molecule has 0 saturated heterocycles. The van der Waals surface area contributed by atoms with Crippen LogP contribution in [0.2, 0.25) is 0 Å². The lowest BCUT2D eigenvalue weighted by molar-refractivity contribution is 0.385. The fourth-order valence-electron chi connectivity index (χ4n) is 0.913. The summed E-state index contributed by atoms with van der Waals surface area (Å²) in [5, 5.41) is 0. The van der Waals surface area contributed by atoms with Crippen molar-refractivity contribution in [2.75, 3.05) is 12.8 Å². The summed E-state index contributed by atoms with van der Waals surface area (Å²) in [5.74, 6) is -0.149. The van der Waals surface area contributed by atoms with E-state index in [0.717, 1.165) is 0 Å². The highest BCUT2D eigenvalue weighted by Gasteiger charge is 2.05. The summed E-state index contributed by atoms with van der Waals surface area (Å²) in [4.78, 5) is 0. The first kappa shape index (κ1) is 11.0. The van der Waals surface area contributed by atoms with E-state index >= 15 is 0 Å². The van der Waals surface area contributed by atoms with E-state index in [-0.39, 0.29) is 24.0 Å². The number of ether oxygens (including phenoxy) is 1. The molecule has 0 unspecified atom stereocenters. The van der Waals surface area contributed by atoms with Crippen molar-refractivity contribution in [2.45, 2.75) is 6.92 Å². The minimum atomic E-state index is -0.346. The molecule has 0 aliphatic carbocycles. The minimum Gasteiger partial charge on any atom is -0.494 e. The molecular weight excluding hydrogens is 181 g/mol. The number of nitrogen functional groups attached to an aromatic ring is 1. The maximum absolute atomic E-state index is 13.0. The number of methoxy groups -OCH3 is 1. The van der Waals surface area contributed by atoms with Gasteiger partial charge in [-0.25, -0.2) is 4.39 Å². The highest BCUT2D eigenvalue weighted by atomic mass is 35.5. The molecule has 0 aliphatic rings. The standard InChI is InChI=1S/C8H10FNO.ClH/c1-5-3-6(10)4-7(11-2)8(5)9;/h3-4H,10H2,1-2H3;1H. The minimum absolute atomic E-state index is 0. The Balaban J connectivity index is 0.00000121. The predicted octanol–water partition coefficient (Wildman–Crippen LogP) is 2.15. The van der Waals surface area contributed by atoms with Crippen molar-refractivity contribution in [3.05, 3.63) is 23.5 Å². The van der Waals surface area contributed by atoms with Gasteiger partial charge in [0.15, 0.2) is 11.6 Å². The van der Waals surface area contributed by atoms with Gasteiger partial charge in [0.05, 0.1) is 7.11 Å². The molecule has 4 heteroatoms. The Bertz CT molecular complexity index is 278. The van der Waals surface area contributed by atoms with Crippen LogP contribution in [-0.4, -0.2) is 7.11 Å². The summed E-state index contributed by atoms with van der Waals surface area (Å²) in [6.45, 7) is 1.65. The Morgan fingerprint density at radius 2 is 2.00 bits per heavy atom. The lowest BCUT2D eigenvalue weighted by Crippen LogP contribution is -1.94. The topological polar surface area (TPSA) is 35.2 Å². The largest absolute Gasteiger partial charge is 0.494 e. The van der Waals surface area contributed by atoms with Crippen molar-refractivity contribution in [1.82, 2.24) is 0 Å². The first-order chi connectivity index (χ1) is 5.15. The van der Waals surface area contributed by atoms with E-state index in [1.165, 1.54) is 13.2 Å². The summed E-state index contributed by atoms with van der Waals surface area (Å²) in [7, 11) is 1.41. The fraction of sp³-hybridized carbons (Fsp3) is 0.250. The molecular formula is C8H11ClFNO. The molecule has 0 aliphatic heterocycles. The summed E-state index contributed by atoms with van der Waals surface area (Å²) >= 11 is 0. The van der Waals surface area contributed by atoms with Crippen LogP contribution < -0.4 is 10.5 Å². The van der Waals surface area contributed by atoms with E-state index < -0.39 is 0 Å². The molecule has 0 fully saturated rings. The van der Waals surface area contributed by atoms with Gasteiger partial charge in [-0.2, -0.15) is 0 Å². The van der Waals surface area contributed by atoms with Crippen LogP contribution >= 0.6 is 12.4 Å². The van der Waals surface area contributed by atoms with Crippen LogP contribution in [-0.2, 0) is 0 Å². The molecule has 1 aromatic rings. The number of benzene rings is 1. The average Bonchev–Trinajstić information content (AvgIpc) is 1.96. The van der Waals surface area contributed by atoms with Crippen molar-refractivity contribution in [3.8, 4) is 5.75 Å². The summed E-state index contributed by atoms with van der Waals surface area (Å²) in [6, 6.07) is 3.03. The van der Waals surface area contributed by atoms with Crippen molar-refractivity contribution in [2.24, 2.45) is 0 Å². The molecule has 12 heavy (non-hydrogen) atoms. The molecule has 0 heterocycles. The monoisotopic (exact) mass is 191 g/mol. The first-order valence-corrected chi connectivity index (χ1v) is 3.24. The van der Waals surface area contributed by atoms with Gasteiger partial charge in [-0.1, -0.05) is 0 Å². The first-order valence-electron chi connectivity index (χ1n) is 3.24. The van der Waals surface area contributed by atoms with Gasteiger partial charge in [-0.3, -0.25) is 0 Å². The van der Waals surface area contributed by atoms with Crippen molar-refractivity contribution in [3.63, 3.8) is 0 Å². The number of hydrogen-bond donors (Lipinski definition) is 1. The lowest BCUT2D eigenvalue weighted by atomic mass is 10.2. The number of aryl methyl sites for hydroxylation is 1. The van der Waals surface area contributed by atoms with Gasteiger partial charge in [0.1, 0.15) is 0 Å². The van der Waals surface area contributed by atoms with E-state index in [9.17, 15) is 4.39 Å². The molecule has 2 N–H and O–H groups in total. The average molecular weight is 192 g/mol. The van der Waals surface area contributed by atoms with E-state index in [2.05, 4.69) is 0 Å². The van der Waals surface area contributed by atoms with Gasteiger partial charge in [-0.15, -0.1) is 12.4 Å². The maximum Gasteiger partial charge on any atom is 0.168 e. The molecule has 0 radical (unpaired) electrons. The van der Waals surface area contributed by atoms with Crippen molar-refractivity contribution < 1.29 is 9.13 Å². The molecule has 0 aromatic heterocycles. The van der Waals surface area contributed by atoms with Crippen LogP contribution in [0.5, 0.6) is 5.75 Å². The van der Waals surface area contributed by atoms with Gasteiger partial charge < -0.3 is 10.5 Å². The van der Waals surface area contributed by atoms with Gasteiger partial charge in [-0.05, 0) is 18.6 Å². The van der Waals surface area contributed by atoms with Crippen LogP contribution in [0, 0.1) is 12.7 Å². The Hall–Kier alpha value is -0.960. The Labute approximate surface area is 76.9 Å². The zero-order valence-electron chi connectivity index (χ0n) is 6.93. The summed E-state index contributed by atoms with van der Waals surface area (Å²) in [5.41, 5.74) is 6.47. The van der Waals surface area contributed by atoms with Crippen LogP contribution in [0.3, 0.4) is 0 Å². The smallest absolute Gasteiger partial charge is 0.168 e. The molecule has 1 rings (SSSR count). The molecule has 2 nitrogen and oxygen atoms in total. The molecule has 0 saturated carbocycles. The zero-order chi connectivity index (χ0) is 8.43. The number of rotatable bonds is 1. The Morgan fingerprint density at radius 1 is 1.42 bits per heavy atom. The third-order valence-electron chi connectivity index (χ3n) is 1.46. The van der Waals surface area contributed by atoms with Gasteiger partial charge in [0.2, 0.25) is 0 Å². The predicted molar refractivity (Wildman–Crippen MR) is 49.3 cm³/mol. The quantitative estimate of drug-likeness (QED) is 0.691. The maximum atomic E-state index is 13.0. The zero-order valence-corrected chi connectivity index (χ0v) is 7.74. The van der Waals surface area contributed by atoms with E-state index in [1.807, 2.05) is 0 Å². The van der Waals surface area contributed by atoms with Gasteiger partial charge >= 0.3 is 0 Å². The number of halogens is 2. The molecule has 68 valence electrons. The van der Waals surface area contributed by atoms with E-state index in [1.54, 1.807) is 13.0 Å². The van der Waals surface area contributed by atoms with E-state index in [0.29, 0.717) is 11.3 Å². The van der Waals surface area contributed by atoms with Crippen LogP contribution in [0.4, 0.5) is 10.1 Å². The lowest BCUT2D eigenvalue weighted by Gasteiger charge is -2.04. The number of hydrogen-bond acceptors (Lipinski definition) is 2. The third kappa shape index (κ3) is 2.01. The third-order valence-corrected chi connectivity index (χ3v) is 1.46. The molecule has 1 aromatic carbocycles.